The van der Waals surface area contributed by atoms with Gasteiger partial charge in [-0.25, -0.2) is 9.37 Å². The Bertz CT molecular complexity index is 583. The normalized spacial score (nSPS) is 10.1. The fourth-order valence-electron chi connectivity index (χ4n) is 1.68. The second-order valence-electron chi connectivity index (χ2n) is 3.90. The summed E-state index contributed by atoms with van der Waals surface area (Å²) < 4.78 is 15.1. The zero-order valence-corrected chi connectivity index (χ0v) is 10.0. The Morgan fingerprint density at radius 2 is 2.33 bits per heavy atom. The average molecular weight is 244 g/mol. The number of nitriles is 1. The maximum atomic E-state index is 13.1. The van der Waals surface area contributed by atoms with E-state index in [9.17, 15) is 4.39 Å². The van der Waals surface area contributed by atoms with Gasteiger partial charge in [-0.2, -0.15) is 5.26 Å². The maximum Gasteiger partial charge on any atom is 0.141 e. The number of hydrogen-bond acceptors (Lipinski definition) is 3. The number of aromatic nitrogens is 2. The van der Waals surface area contributed by atoms with E-state index in [0.29, 0.717) is 6.54 Å². The summed E-state index contributed by atoms with van der Waals surface area (Å²) in [5, 5.41) is 11.9. The Hall–Kier alpha value is -2.35. The first-order valence-corrected chi connectivity index (χ1v) is 5.62. The van der Waals surface area contributed by atoms with E-state index in [0.717, 1.165) is 18.1 Å². The lowest BCUT2D eigenvalue weighted by molar-refractivity contribution is 0.624. The Labute approximate surface area is 105 Å². The van der Waals surface area contributed by atoms with Gasteiger partial charge in [0.1, 0.15) is 17.7 Å². The van der Waals surface area contributed by atoms with E-state index < -0.39 is 5.82 Å². The van der Waals surface area contributed by atoms with Crippen molar-refractivity contribution >= 4 is 5.69 Å². The summed E-state index contributed by atoms with van der Waals surface area (Å²) in [5.74, 6) is 0.460. The summed E-state index contributed by atoms with van der Waals surface area (Å²) in [6, 6.07) is 6.25. The van der Waals surface area contributed by atoms with Crippen molar-refractivity contribution in [2.45, 2.75) is 13.5 Å². The van der Waals surface area contributed by atoms with Gasteiger partial charge in [-0.3, -0.25) is 0 Å². The highest BCUT2D eigenvalue weighted by atomic mass is 19.1. The Kier molecular flexibility index (Phi) is 3.58. The minimum Gasteiger partial charge on any atom is -0.383 e. The zero-order valence-electron chi connectivity index (χ0n) is 10.0. The van der Waals surface area contributed by atoms with Gasteiger partial charge in [0.05, 0.1) is 5.56 Å². The predicted octanol–water partition coefficient (Wildman–Crippen LogP) is 2.31. The van der Waals surface area contributed by atoms with E-state index in [1.54, 1.807) is 12.3 Å². The van der Waals surface area contributed by atoms with Crippen LogP contribution in [0.3, 0.4) is 0 Å². The van der Waals surface area contributed by atoms with Crippen molar-refractivity contribution in [2.75, 3.05) is 11.9 Å². The SMILES string of the molecule is Cc1nccn1CCNc1ccc(F)c(C#N)c1. The van der Waals surface area contributed by atoms with Crippen molar-refractivity contribution in [1.82, 2.24) is 9.55 Å². The van der Waals surface area contributed by atoms with Crippen LogP contribution in [0.25, 0.3) is 0 Å². The van der Waals surface area contributed by atoms with Gasteiger partial charge in [0.25, 0.3) is 0 Å². The fourth-order valence-corrected chi connectivity index (χ4v) is 1.68. The minimum atomic E-state index is -0.492. The van der Waals surface area contributed by atoms with Crippen LogP contribution in [0.15, 0.2) is 30.6 Å². The number of nitrogens with zero attached hydrogens (tertiary/aromatic N) is 3. The highest BCUT2D eigenvalue weighted by molar-refractivity contribution is 5.49. The van der Waals surface area contributed by atoms with Gasteiger partial charge >= 0.3 is 0 Å². The van der Waals surface area contributed by atoms with Crippen molar-refractivity contribution in [1.29, 1.82) is 5.26 Å². The molecule has 0 aliphatic rings. The molecule has 18 heavy (non-hydrogen) atoms. The molecule has 0 saturated heterocycles. The summed E-state index contributed by atoms with van der Waals surface area (Å²) >= 11 is 0. The smallest absolute Gasteiger partial charge is 0.141 e. The van der Waals surface area contributed by atoms with Crippen LogP contribution in [0.4, 0.5) is 10.1 Å². The van der Waals surface area contributed by atoms with Crippen LogP contribution in [0.2, 0.25) is 0 Å². The van der Waals surface area contributed by atoms with Crippen LogP contribution >= 0.6 is 0 Å². The highest BCUT2D eigenvalue weighted by Gasteiger charge is 2.02. The molecule has 0 atom stereocenters. The van der Waals surface area contributed by atoms with E-state index in [1.807, 2.05) is 23.8 Å². The summed E-state index contributed by atoms with van der Waals surface area (Å²) in [5.41, 5.74) is 0.796. The molecule has 5 heteroatoms. The van der Waals surface area contributed by atoms with Gasteiger partial charge < -0.3 is 9.88 Å². The van der Waals surface area contributed by atoms with Crippen LogP contribution in [0.1, 0.15) is 11.4 Å². The van der Waals surface area contributed by atoms with Crippen LogP contribution in [0.5, 0.6) is 0 Å². The lowest BCUT2D eigenvalue weighted by atomic mass is 10.2. The van der Waals surface area contributed by atoms with Gasteiger partial charge in [-0.1, -0.05) is 0 Å². The van der Waals surface area contributed by atoms with Gasteiger partial charge in [0.15, 0.2) is 0 Å². The molecule has 1 N–H and O–H groups in total. The molecule has 0 spiro atoms. The largest absolute Gasteiger partial charge is 0.383 e. The second kappa shape index (κ2) is 5.32. The predicted molar refractivity (Wildman–Crippen MR) is 66.6 cm³/mol. The lowest BCUT2D eigenvalue weighted by Gasteiger charge is -2.08. The second-order valence-corrected chi connectivity index (χ2v) is 3.90. The average Bonchev–Trinajstić information content (AvgIpc) is 2.77. The quantitative estimate of drug-likeness (QED) is 0.898. The number of nitrogens with one attached hydrogen (secondary N) is 1. The third-order valence-corrected chi connectivity index (χ3v) is 2.69. The van der Waals surface area contributed by atoms with Crippen LogP contribution in [0, 0.1) is 24.1 Å². The molecule has 0 amide bonds. The maximum absolute atomic E-state index is 13.1. The molecule has 1 heterocycles. The molecule has 2 aromatic rings. The molecule has 0 aliphatic heterocycles. The summed E-state index contributed by atoms with van der Waals surface area (Å²) in [4.78, 5) is 4.12. The number of rotatable bonds is 4. The van der Waals surface area contributed by atoms with E-state index in [4.69, 9.17) is 5.26 Å². The van der Waals surface area contributed by atoms with Crippen LogP contribution in [-0.4, -0.2) is 16.1 Å². The number of benzene rings is 1. The molecule has 1 aromatic heterocycles. The minimum absolute atomic E-state index is 0.0545. The van der Waals surface area contributed by atoms with Crippen LogP contribution < -0.4 is 5.32 Å². The molecule has 0 aliphatic carbocycles. The Morgan fingerprint density at radius 1 is 1.50 bits per heavy atom. The molecule has 0 fully saturated rings. The van der Waals surface area contributed by atoms with Crippen molar-refractivity contribution < 1.29 is 4.39 Å². The third-order valence-electron chi connectivity index (χ3n) is 2.69. The van der Waals surface area contributed by atoms with Crippen molar-refractivity contribution in [2.24, 2.45) is 0 Å². The molecular formula is C13H13FN4. The van der Waals surface area contributed by atoms with Gasteiger partial charge in [0.2, 0.25) is 0 Å². The van der Waals surface area contributed by atoms with E-state index >= 15 is 0 Å². The number of imidazole rings is 1. The first kappa shape index (κ1) is 12.1. The summed E-state index contributed by atoms with van der Waals surface area (Å²) in [6.45, 7) is 3.39. The Balaban J connectivity index is 1.95. The van der Waals surface area contributed by atoms with Gasteiger partial charge in [-0.05, 0) is 25.1 Å². The standard InChI is InChI=1S/C13H13FN4/c1-10-16-4-6-18(10)7-5-17-12-2-3-13(14)11(8-12)9-15/h2-4,6,8,17H,5,7H2,1H3. The number of anilines is 1. The molecule has 92 valence electrons. The van der Waals surface area contributed by atoms with Crippen molar-refractivity contribution in [3.63, 3.8) is 0 Å². The topological polar surface area (TPSA) is 53.6 Å². The number of halogens is 1. The molecule has 0 bridgehead atoms. The molecule has 0 radical (unpaired) electrons. The summed E-state index contributed by atoms with van der Waals surface area (Å²) in [6.07, 6.45) is 3.66. The molecule has 0 saturated carbocycles. The van der Waals surface area contributed by atoms with Gasteiger partial charge in [-0.15, -0.1) is 0 Å². The lowest BCUT2D eigenvalue weighted by Crippen LogP contribution is -2.11. The molecule has 4 nitrogen and oxygen atoms in total. The molecule has 0 unspecified atom stereocenters. The monoisotopic (exact) mass is 244 g/mol. The molecular weight excluding hydrogens is 231 g/mol. The number of hydrogen-bond donors (Lipinski definition) is 1. The van der Waals surface area contributed by atoms with E-state index in [-0.39, 0.29) is 5.56 Å². The Morgan fingerprint density at radius 3 is 3.00 bits per heavy atom. The van der Waals surface area contributed by atoms with Crippen LogP contribution in [-0.2, 0) is 6.54 Å². The molecule has 1 aromatic carbocycles. The highest BCUT2D eigenvalue weighted by Crippen LogP contribution is 2.13. The van der Waals surface area contributed by atoms with Crippen molar-refractivity contribution in [3.05, 3.63) is 47.8 Å². The third kappa shape index (κ3) is 2.66. The van der Waals surface area contributed by atoms with E-state index in [1.165, 1.54) is 12.1 Å². The van der Waals surface area contributed by atoms with E-state index in [2.05, 4.69) is 10.3 Å². The summed E-state index contributed by atoms with van der Waals surface area (Å²) in [7, 11) is 0. The molecule has 2 rings (SSSR count). The zero-order chi connectivity index (χ0) is 13.0. The number of aryl methyl sites for hydroxylation is 1. The first-order valence-electron chi connectivity index (χ1n) is 5.62. The fraction of sp³-hybridized carbons (Fsp3) is 0.231. The first-order chi connectivity index (χ1) is 8.70. The van der Waals surface area contributed by atoms with Gasteiger partial charge in [0, 0.05) is 31.2 Å². The van der Waals surface area contributed by atoms with Crippen molar-refractivity contribution in [3.8, 4) is 6.07 Å².